The average molecular weight is 252 g/mol. The molecule has 1 aromatic rings. The Balaban J connectivity index is 2.02. The van der Waals surface area contributed by atoms with Crippen LogP contribution in [0.5, 0.6) is 5.75 Å². The standard InChI is InChI=1S/C12H16N2O4/c1-17-8-2-4-13-10(6-8)12(16)14-9-3-5-18-7-11(9)15/h2,4,6,9,11,15H,3,5,7H2,1H3,(H,14,16)/t9-,11-/m1/s1. The Morgan fingerprint density at radius 3 is 3.22 bits per heavy atom. The van der Waals surface area contributed by atoms with Gasteiger partial charge < -0.3 is 19.9 Å². The van der Waals surface area contributed by atoms with Gasteiger partial charge in [0.25, 0.3) is 5.91 Å². The molecule has 98 valence electrons. The van der Waals surface area contributed by atoms with Crippen molar-refractivity contribution in [3.05, 3.63) is 24.0 Å². The lowest BCUT2D eigenvalue weighted by Crippen LogP contribution is -2.48. The predicted molar refractivity (Wildman–Crippen MR) is 63.5 cm³/mol. The minimum absolute atomic E-state index is 0.247. The predicted octanol–water partition coefficient (Wildman–Crippen LogP) is -0.0302. The highest BCUT2D eigenvalue weighted by Crippen LogP contribution is 2.12. The van der Waals surface area contributed by atoms with Gasteiger partial charge >= 0.3 is 0 Å². The van der Waals surface area contributed by atoms with E-state index in [1.54, 1.807) is 12.1 Å². The van der Waals surface area contributed by atoms with E-state index in [9.17, 15) is 9.90 Å². The molecule has 1 fully saturated rings. The van der Waals surface area contributed by atoms with Crippen LogP contribution >= 0.6 is 0 Å². The van der Waals surface area contributed by atoms with Crippen LogP contribution in [0.15, 0.2) is 18.3 Å². The van der Waals surface area contributed by atoms with Gasteiger partial charge in [0.15, 0.2) is 0 Å². The number of amides is 1. The molecule has 0 bridgehead atoms. The summed E-state index contributed by atoms with van der Waals surface area (Å²) in [6, 6.07) is 2.93. The fraction of sp³-hybridized carbons (Fsp3) is 0.500. The number of pyridine rings is 1. The second-order valence-corrected chi connectivity index (χ2v) is 4.09. The number of nitrogens with one attached hydrogen (secondary N) is 1. The van der Waals surface area contributed by atoms with Crippen LogP contribution in [-0.4, -0.2) is 48.5 Å². The monoisotopic (exact) mass is 252 g/mol. The van der Waals surface area contributed by atoms with Crippen molar-refractivity contribution in [2.24, 2.45) is 0 Å². The van der Waals surface area contributed by atoms with E-state index in [0.717, 1.165) is 0 Å². The zero-order valence-electron chi connectivity index (χ0n) is 10.1. The van der Waals surface area contributed by atoms with E-state index in [0.29, 0.717) is 18.8 Å². The molecule has 1 saturated heterocycles. The van der Waals surface area contributed by atoms with E-state index in [1.165, 1.54) is 13.3 Å². The highest BCUT2D eigenvalue weighted by molar-refractivity contribution is 5.92. The van der Waals surface area contributed by atoms with Crippen molar-refractivity contribution in [1.82, 2.24) is 10.3 Å². The maximum absolute atomic E-state index is 11.9. The summed E-state index contributed by atoms with van der Waals surface area (Å²) in [5, 5.41) is 12.4. The van der Waals surface area contributed by atoms with E-state index in [4.69, 9.17) is 9.47 Å². The van der Waals surface area contributed by atoms with Gasteiger partial charge in [-0.3, -0.25) is 9.78 Å². The summed E-state index contributed by atoms with van der Waals surface area (Å²) in [4.78, 5) is 15.9. The number of hydrogen-bond acceptors (Lipinski definition) is 5. The number of aromatic nitrogens is 1. The number of ether oxygens (including phenoxy) is 2. The van der Waals surface area contributed by atoms with E-state index >= 15 is 0 Å². The van der Waals surface area contributed by atoms with Crippen LogP contribution in [0.3, 0.4) is 0 Å². The average Bonchev–Trinajstić information content (AvgIpc) is 2.41. The van der Waals surface area contributed by atoms with Gasteiger partial charge in [-0.2, -0.15) is 0 Å². The van der Waals surface area contributed by atoms with Crippen LogP contribution in [0.2, 0.25) is 0 Å². The van der Waals surface area contributed by atoms with E-state index in [2.05, 4.69) is 10.3 Å². The van der Waals surface area contributed by atoms with Gasteiger partial charge in [-0.15, -0.1) is 0 Å². The normalized spacial score (nSPS) is 23.4. The molecule has 6 nitrogen and oxygen atoms in total. The number of aliphatic hydroxyl groups excluding tert-OH is 1. The molecule has 0 radical (unpaired) electrons. The molecule has 6 heteroatoms. The van der Waals surface area contributed by atoms with Gasteiger partial charge in [-0.25, -0.2) is 0 Å². The summed E-state index contributed by atoms with van der Waals surface area (Å²) in [6.45, 7) is 0.782. The Bertz CT molecular complexity index is 424. The molecule has 0 spiro atoms. The van der Waals surface area contributed by atoms with Crippen LogP contribution in [-0.2, 0) is 4.74 Å². The van der Waals surface area contributed by atoms with Crippen LogP contribution in [0.25, 0.3) is 0 Å². The van der Waals surface area contributed by atoms with Crippen molar-refractivity contribution in [2.75, 3.05) is 20.3 Å². The SMILES string of the molecule is COc1ccnc(C(=O)N[C@@H]2CCOC[C@H]2O)c1. The van der Waals surface area contributed by atoms with Crippen LogP contribution in [0.4, 0.5) is 0 Å². The van der Waals surface area contributed by atoms with Crippen LogP contribution in [0.1, 0.15) is 16.9 Å². The molecular formula is C12H16N2O4. The number of rotatable bonds is 3. The van der Waals surface area contributed by atoms with Gasteiger partial charge in [-0.05, 0) is 12.5 Å². The van der Waals surface area contributed by atoms with Crippen molar-refractivity contribution >= 4 is 5.91 Å². The lowest BCUT2D eigenvalue weighted by molar-refractivity contribution is -0.0261. The quantitative estimate of drug-likeness (QED) is 0.789. The van der Waals surface area contributed by atoms with Crippen molar-refractivity contribution < 1.29 is 19.4 Å². The molecule has 1 aliphatic rings. The summed E-state index contributed by atoms with van der Waals surface area (Å²) in [5.74, 6) is 0.252. The topological polar surface area (TPSA) is 80.7 Å². The molecule has 2 N–H and O–H groups in total. The number of nitrogens with zero attached hydrogens (tertiary/aromatic N) is 1. The molecule has 18 heavy (non-hydrogen) atoms. The maximum Gasteiger partial charge on any atom is 0.270 e. The largest absolute Gasteiger partial charge is 0.497 e. The third-order valence-corrected chi connectivity index (χ3v) is 2.84. The fourth-order valence-electron chi connectivity index (χ4n) is 1.80. The van der Waals surface area contributed by atoms with Crippen molar-refractivity contribution in [2.45, 2.75) is 18.6 Å². The molecule has 1 amide bonds. The summed E-state index contributed by atoms with van der Waals surface area (Å²) < 4.78 is 10.1. The first-order valence-corrected chi connectivity index (χ1v) is 5.77. The van der Waals surface area contributed by atoms with E-state index < -0.39 is 6.10 Å². The Morgan fingerprint density at radius 2 is 2.50 bits per heavy atom. The highest BCUT2D eigenvalue weighted by atomic mass is 16.5. The smallest absolute Gasteiger partial charge is 0.270 e. The maximum atomic E-state index is 11.9. The molecule has 2 heterocycles. The van der Waals surface area contributed by atoms with Gasteiger partial charge in [0.05, 0.1) is 25.9 Å². The molecule has 1 aromatic heterocycles. The molecule has 0 aromatic carbocycles. The number of hydrogen-bond donors (Lipinski definition) is 2. The van der Waals surface area contributed by atoms with Crippen molar-refractivity contribution in [3.8, 4) is 5.75 Å². The Hall–Kier alpha value is -1.66. The minimum atomic E-state index is -0.673. The van der Waals surface area contributed by atoms with Crippen LogP contribution < -0.4 is 10.1 Å². The van der Waals surface area contributed by atoms with Gasteiger partial charge in [0.1, 0.15) is 11.4 Å². The first kappa shape index (κ1) is 12.8. The first-order valence-electron chi connectivity index (χ1n) is 5.77. The Labute approximate surface area is 105 Å². The fourth-order valence-corrected chi connectivity index (χ4v) is 1.80. The molecule has 2 rings (SSSR count). The van der Waals surface area contributed by atoms with Gasteiger partial charge in [0.2, 0.25) is 0 Å². The summed E-state index contributed by atoms with van der Waals surface area (Å²) >= 11 is 0. The minimum Gasteiger partial charge on any atom is -0.497 e. The van der Waals surface area contributed by atoms with Crippen molar-refractivity contribution in [1.29, 1.82) is 0 Å². The third-order valence-electron chi connectivity index (χ3n) is 2.84. The lowest BCUT2D eigenvalue weighted by atomic mass is 10.1. The second kappa shape index (κ2) is 5.79. The van der Waals surface area contributed by atoms with E-state index in [1.807, 2.05) is 0 Å². The first-order chi connectivity index (χ1) is 8.70. The molecule has 0 aliphatic carbocycles. The Kier molecular flexibility index (Phi) is 4.11. The number of methoxy groups -OCH3 is 1. The zero-order chi connectivity index (χ0) is 13.0. The van der Waals surface area contributed by atoms with Gasteiger partial charge in [-0.1, -0.05) is 0 Å². The summed E-state index contributed by atoms with van der Waals surface area (Å²) in [6.07, 6.45) is 1.43. The second-order valence-electron chi connectivity index (χ2n) is 4.09. The highest BCUT2D eigenvalue weighted by Gasteiger charge is 2.25. The van der Waals surface area contributed by atoms with E-state index in [-0.39, 0.29) is 24.2 Å². The number of carbonyl (C=O) groups excluding carboxylic acids is 1. The van der Waals surface area contributed by atoms with Crippen LogP contribution in [0, 0.1) is 0 Å². The Morgan fingerprint density at radius 1 is 1.67 bits per heavy atom. The number of carbonyl (C=O) groups is 1. The third kappa shape index (κ3) is 2.96. The molecular weight excluding hydrogens is 236 g/mol. The number of aliphatic hydroxyl groups is 1. The molecule has 1 aliphatic heterocycles. The molecule has 0 unspecified atom stereocenters. The molecule has 0 saturated carbocycles. The zero-order valence-corrected chi connectivity index (χ0v) is 10.1. The van der Waals surface area contributed by atoms with Gasteiger partial charge in [0, 0.05) is 18.9 Å². The summed E-state index contributed by atoms with van der Waals surface area (Å²) in [5.41, 5.74) is 0.271. The lowest BCUT2D eigenvalue weighted by Gasteiger charge is -2.28. The molecule has 2 atom stereocenters. The van der Waals surface area contributed by atoms with Crippen molar-refractivity contribution in [3.63, 3.8) is 0 Å². The summed E-state index contributed by atoms with van der Waals surface area (Å²) in [7, 11) is 1.53.